The summed E-state index contributed by atoms with van der Waals surface area (Å²) in [6.45, 7) is 3.87. The van der Waals surface area contributed by atoms with Crippen LogP contribution in [0.25, 0.3) is 11.4 Å². The monoisotopic (exact) mass is 343 g/mol. The largest absolute Gasteiger partial charge is 0.324 e. The highest BCUT2D eigenvalue weighted by molar-refractivity contribution is 6.34. The van der Waals surface area contributed by atoms with Gasteiger partial charge in [-0.3, -0.25) is 4.68 Å². The Hall–Kier alpha value is -2.51. The van der Waals surface area contributed by atoms with Crippen molar-refractivity contribution >= 4 is 23.2 Å². The Kier molecular flexibility index (Phi) is 4.46. The predicted molar refractivity (Wildman–Crippen MR) is 94.1 cm³/mol. The number of rotatable bonds is 4. The molecule has 0 radical (unpaired) electrons. The summed E-state index contributed by atoms with van der Waals surface area (Å²) in [6, 6.07) is 3.76. The van der Waals surface area contributed by atoms with Gasteiger partial charge in [-0.2, -0.15) is 10.1 Å². The van der Waals surface area contributed by atoms with Crippen molar-refractivity contribution in [3.05, 3.63) is 47.0 Å². The Labute approximate surface area is 144 Å². The standard InChI is InChI=1S/C16H18ClN7/c1-9-12(10(2)18)4-5-13(14(9)17)15-19-8-20-16(23-15)22-11-6-21-24(3)7-11/h4-8,10H,18H2,1-3H3,(H,19,20,22,23). The molecule has 0 saturated heterocycles. The third-order valence-electron chi connectivity index (χ3n) is 3.69. The number of nitrogens with one attached hydrogen (secondary N) is 1. The summed E-state index contributed by atoms with van der Waals surface area (Å²) in [6.07, 6.45) is 4.97. The van der Waals surface area contributed by atoms with Crippen molar-refractivity contribution in [1.82, 2.24) is 24.7 Å². The summed E-state index contributed by atoms with van der Waals surface area (Å²) >= 11 is 6.50. The van der Waals surface area contributed by atoms with E-state index < -0.39 is 0 Å². The lowest BCUT2D eigenvalue weighted by molar-refractivity contribution is 0.768. The zero-order valence-corrected chi connectivity index (χ0v) is 14.4. The molecular formula is C16H18ClN7. The van der Waals surface area contributed by atoms with E-state index in [1.165, 1.54) is 6.33 Å². The average Bonchev–Trinajstić information content (AvgIpc) is 2.95. The molecule has 3 aromatic rings. The summed E-state index contributed by atoms with van der Waals surface area (Å²) < 4.78 is 1.69. The number of halogens is 1. The van der Waals surface area contributed by atoms with Crippen LogP contribution in [0.3, 0.4) is 0 Å². The van der Waals surface area contributed by atoms with Gasteiger partial charge in [-0.1, -0.05) is 17.7 Å². The van der Waals surface area contributed by atoms with Gasteiger partial charge in [0.15, 0.2) is 5.82 Å². The number of hydrogen-bond acceptors (Lipinski definition) is 6. The van der Waals surface area contributed by atoms with Gasteiger partial charge in [-0.05, 0) is 31.0 Å². The first-order valence-corrected chi connectivity index (χ1v) is 7.83. The maximum Gasteiger partial charge on any atom is 0.230 e. The molecule has 1 unspecified atom stereocenters. The summed E-state index contributed by atoms with van der Waals surface area (Å²) in [5.41, 5.74) is 9.45. The Morgan fingerprint density at radius 2 is 2.08 bits per heavy atom. The van der Waals surface area contributed by atoms with Crippen LogP contribution in [0.2, 0.25) is 5.02 Å². The van der Waals surface area contributed by atoms with Crippen molar-refractivity contribution in [2.45, 2.75) is 19.9 Å². The van der Waals surface area contributed by atoms with E-state index >= 15 is 0 Å². The molecule has 0 saturated carbocycles. The SMILES string of the molecule is Cc1c(C(C)N)ccc(-c2ncnc(Nc3cnn(C)c3)n2)c1Cl. The van der Waals surface area contributed by atoms with E-state index in [9.17, 15) is 0 Å². The van der Waals surface area contributed by atoms with E-state index in [4.69, 9.17) is 17.3 Å². The predicted octanol–water partition coefficient (Wildman–Crippen LogP) is 3.00. The minimum Gasteiger partial charge on any atom is -0.324 e. The molecule has 0 aliphatic rings. The summed E-state index contributed by atoms with van der Waals surface area (Å²) in [4.78, 5) is 12.8. The van der Waals surface area contributed by atoms with Crippen molar-refractivity contribution in [1.29, 1.82) is 0 Å². The van der Waals surface area contributed by atoms with Gasteiger partial charge >= 0.3 is 0 Å². The van der Waals surface area contributed by atoms with Crippen LogP contribution < -0.4 is 11.1 Å². The van der Waals surface area contributed by atoms with Crippen LogP contribution >= 0.6 is 11.6 Å². The quantitative estimate of drug-likeness (QED) is 0.756. The molecule has 0 bridgehead atoms. The minimum absolute atomic E-state index is 0.0854. The average molecular weight is 344 g/mol. The molecule has 8 heteroatoms. The number of nitrogens with two attached hydrogens (primary N) is 1. The lowest BCUT2D eigenvalue weighted by atomic mass is 10.00. The second-order valence-corrected chi connectivity index (χ2v) is 5.97. The fourth-order valence-corrected chi connectivity index (χ4v) is 2.72. The van der Waals surface area contributed by atoms with Crippen molar-refractivity contribution in [2.75, 3.05) is 5.32 Å². The second-order valence-electron chi connectivity index (χ2n) is 5.59. The van der Waals surface area contributed by atoms with Crippen molar-refractivity contribution in [3.8, 4) is 11.4 Å². The lowest BCUT2D eigenvalue weighted by Crippen LogP contribution is -2.08. The molecular weight excluding hydrogens is 326 g/mol. The number of aromatic nitrogens is 5. The van der Waals surface area contributed by atoms with Gasteiger partial charge in [-0.15, -0.1) is 0 Å². The second kappa shape index (κ2) is 6.54. The summed E-state index contributed by atoms with van der Waals surface area (Å²) in [5, 5.41) is 7.79. The number of benzene rings is 1. The lowest BCUT2D eigenvalue weighted by Gasteiger charge is -2.14. The number of hydrogen-bond donors (Lipinski definition) is 2. The van der Waals surface area contributed by atoms with Crippen molar-refractivity contribution < 1.29 is 0 Å². The molecule has 0 fully saturated rings. The van der Waals surface area contributed by atoms with Gasteiger partial charge in [-0.25, -0.2) is 9.97 Å². The molecule has 2 heterocycles. The molecule has 124 valence electrons. The van der Waals surface area contributed by atoms with Crippen LogP contribution in [0.4, 0.5) is 11.6 Å². The van der Waals surface area contributed by atoms with Crippen LogP contribution in [0.5, 0.6) is 0 Å². The molecule has 1 aromatic carbocycles. The van der Waals surface area contributed by atoms with E-state index in [1.807, 2.05) is 39.2 Å². The van der Waals surface area contributed by atoms with Gasteiger partial charge in [0.2, 0.25) is 5.95 Å². The van der Waals surface area contributed by atoms with Gasteiger partial charge in [0.1, 0.15) is 6.33 Å². The third kappa shape index (κ3) is 3.22. The summed E-state index contributed by atoms with van der Waals surface area (Å²) in [7, 11) is 1.84. The highest BCUT2D eigenvalue weighted by atomic mass is 35.5. The molecule has 0 aliphatic heterocycles. The zero-order chi connectivity index (χ0) is 17.3. The topological polar surface area (TPSA) is 94.5 Å². The Morgan fingerprint density at radius 1 is 1.29 bits per heavy atom. The van der Waals surface area contributed by atoms with Gasteiger partial charge in [0, 0.05) is 24.8 Å². The van der Waals surface area contributed by atoms with E-state index in [0.29, 0.717) is 16.8 Å². The van der Waals surface area contributed by atoms with Crippen molar-refractivity contribution in [3.63, 3.8) is 0 Å². The molecule has 7 nitrogen and oxygen atoms in total. The summed E-state index contributed by atoms with van der Waals surface area (Å²) in [5.74, 6) is 0.929. The van der Waals surface area contributed by atoms with E-state index in [2.05, 4.69) is 25.4 Å². The first-order chi connectivity index (χ1) is 11.5. The molecule has 0 aliphatic carbocycles. The molecule has 3 rings (SSSR count). The van der Waals surface area contributed by atoms with E-state index in [0.717, 1.165) is 22.4 Å². The molecule has 2 aromatic heterocycles. The molecule has 24 heavy (non-hydrogen) atoms. The number of aryl methyl sites for hydroxylation is 1. The molecule has 0 spiro atoms. The third-order valence-corrected chi connectivity index (χ3v) is 4.18. The van der Waals surface area contributed by atoms with Gasteiger partial charge in [0.25, 0.3) is 0 Å². The van der Waals surface area contributed by atoms with E-state index in [-0.39, 0.29) is 6.04 Å². The maximum absolute atomic E-state index is 6.50. The minimum atomic E-state index is -0.0854. The fourth-order valence-electron chi connectivity index (χ4n) is 2.47. The van der Waals surface area contributed by atoms with Crippen LogP contribution in [0.15, 0.2) is 30.9 Å². The molecule has 0 amide bonds. The first kappa shape index (κ1) is 16.4. The van der Waals surface area contributed by atoms with Crippen molar-refractivity contribution in [2.24, 2.45) is 12.8 Å². The molecule has 1 atom stereocenters. The van der Waals surface area contributed by atoms with Crippen LogP contribution in [0.1, 0.15) is 24.1 Å². The van der Waals surface area contributed by atoms with E-state index in [1.54, 1.807) is 10.9 Å². The van der Waals surface area contributed by atoms with Gasteiger partial charge in [0.05, 0.1) is 16.9 Å². The highest BCUT2D eigenvalue weighted by Gasteiger charge is 2.14. The maximum atomic E-state index is 6.50. The number of anilines is 2. The van der Waals surface area contributed by atoms with Crippen LogP contribution in [0, 0.1) is 6.92 Å². The Balaban J connectivity index is 1.95. The van der Waals surface area contributed by atoms with Gasteiger partial charge < -0.3 is 11.1 Å². The van der Waals surface area contributed by atoms with Crippen LogP contribution in [-0.2, 0) is 7.05 Å². The Morgan fingerprint density at radius 3 is 2.75 bits per heavy atom. The smallest absolute Gasteiger partial charge is 0.230 e. The zero-order valence-electron chi connectivity index (χ0n) is 13.7. The highest BCUT2D eigenvalue weighted by Crippen LogP contribution is 2.32. The first-order valence-electron chi connectivity index (χ1n) is 7.45. The Bertz CT molecular complexity index is 873. The normalized spacial score (nSPS) is 12.2. The fraction of sp³-hybridized carbons (Fsp3) is 0.250. The van der Waals surface area contributed by atoms with Crippen LogP contribution in [-0.4, -0.2) is 24.7 Å². The molecule has 3 N–H and O–H groups in total. The number of nitrogens with zero attached hydrogens (tertiary/aromatic N) is 5.